The van der Waals surface area contributed by atoms with Gasteiger partial charge in [0.25, 0.3) is 0 Å². The molecule has 8 nitrogen and oxygen atoms in total. The number of carbonyl (C=O) groups is 2. The summed E-state index contributed by atoms with van der Waals surface area (Å²) >= 11 is 0. The minimum absolute atomic E-state index is 0.0168. The number of benzene rings is 1. The number of piperazine rings is 1. The van der Waals surface area contributed by atoms with Gasteiger partial charge in [-0.2, -0.15) is 0 Å². The van der Waals surface area contributed by atoms with Gasteiger partial charge in [0.15, 0.2) is 5.69 Å². The highest BCUT2D eigenvalue weighted by atomic mass is 16.4. The predicted molar refractivity (Wildman–Crippen MR) is 92.7 cm³/mol. The van der Waals surface area contributed by atoms with Crippen LogP contribution in [0.3, 0.4) is 0 Å². The number of aromatic nitrogens is 2. The molecular weight excluding hydrogens is 322 g/mol. The second-order valence-corrected chi connectivity index (χ2v) is 5.65. The van der Waals surface area contributed by atoms with E-state index in [4.69, 9.17) is 5.11 Å². The van der Waals surface area contributed by atoms with Crippen molar-refractivity contribution in [2.75, 3.05) is 42.9 Å². The topological polar surface area (TPSA) is 98.7 Å². The highest BCUT2D eigenvalue weighted by molar-refractivity contribution is 5.85. The normalized spacial score (nSPS) is 14.2. The first-order valence-corrected chi connectivity index (χ1v) is 8.00. The van der Waals surface area contributed by atoms with Gasteiger partial charge in [-0.3, -0.25) is 4.79 Å². The van der Waals surface area contributed by atoms with Crippen LogP contribution in [0.1, 0.15) is 10.5 Å². The summed E-state index contributed by atoms with van der Waals surface area (Å²) < 4.78 is 0. The molecule has 3 rings (SSSR count). The number of hydrogen-bond acceptors (Lipinski definition) is 6. The van der Waals surface area contributed by atoms with Crippen molar-refractivity contribution in [3.63, 3.8) is 0 Å². The molecule has 25 heavy (non-hydrogen) atoms. The quantitative estimate of drug-likeness (QED) is 0.835. The van der Waals surface area contributed by atoms with Gasteiger partial charge in [-0.25, -0.2) is 14.8 Å². The van der Waals surface area contributed by atoms with E-state index in [-0.39, 0.29) is 18.1 Å². The van der Waals surface area contributed by atoms with Crippen molar-refractivity contribution in [2.24, 2.45) is 0 Å². The summed E-state index contributed by atoms with van der Waals surface area (Å²) in [7, 11) is 0. The highest BCUT2D eigenvalue weighted by Gasteiger charge is 2.21. The molecule has 2 aromatic rings. The highest BCUT2D eigenvalue weighted by Crippen LogP contribution is 2.15. The van der Waals surface area contributed by atoms with Crippen LogP contribution in [-0.4, -0.2) is 64.6 Å². The Kier molecular flexibility index (Phi) is 5.08. The van der Waals surface area contributed by atoms with Crippen molar-refractivity contribution < 1.29 is 14.7 Å². The van der Waals surface area contributed by atoms with Crippen LogP contribution in [0.25, 0.3) is 0 Å². The molecule has 0 atom stereocenters. The molecule has 1 aromatic heterocycles. The van der Waals surface area contributed by atoms with Gasteiger partial charge >= 0.3 is 5.97 Å². The molecule has 1 aromatic carbocycles. The van der Waals surface area contributed by atoms with Crippen LogP contribution in [-0.2, 0) is 4.79 Å². The minimum Gasteiger partial charge on any atom is -0.476 e. The van der Waals surface area contributed by atoms with Crippen molar-refractivity contribution >= 4 is 23.4 Å². The zero-order valence-corrected chi connectivity index (χ0v) is 13.6. The Labute approximate surface area is 145 Å². The number of nitrogens with zero attached hydrogens (tertiary/aromatic N) is 4. The molecule has 8 heteroatoms. The van der Waals surface area contributed by atoms with Crippen LogP contribution >= 0.6 is 0 Å². The number of para-hydroxylation sites is 1. The van der Waals surface area contributed by atoms with Gasteiger partial charge in [0.1, 0.15) is 5.82 Å². The van der Waals surface area contributed by atoms with Crippen LogP contribution in [0.4, 0.5) is 11.5 Å². The molecule has 0 spiro atoms. The molecule has 0 radical (unpaired) electrons. The summed E-state index contributed by atoms with van der Waals surface area (Å²) in [6.07, 6.45) is 2.47. The second-order valence-electron chi connectivity index (χ2n) is 5.65. The van der Waals surface area contributed by atoms with Gasteiger partial charge in [0.2, 0.25) is 5.91 Å². The molecule has 2 heterocycles. The maximum absolute atomic E-state index is 12.3. The third-order valence-corrected chi connectivity index (χ3v) is 4.05. The lowest BCUT2D eigenvalue weighted by atomic mass is 10.2. The van der Waals surface area contributed by atoms with Gasteiger partial charge in [0, 0.05) is 31.9 Å². The number of amides is 1. The van der Waals surface area contributed by atoms with E-state index < -0.39 is 5.97 Å². The van der Waals surface area contributed by atoms with E-state index in [9.17, 15) is 9.59 Å². The summed E-state index contributed by atoms with van der Waals surface area (Å²) in [4.78, 5) is 34.8. The fourth-order valence-corrected chi connectivity index (χ4v) is 2.66. The lowest BCUT2D eigenvalue weighted by Gasteiger charge is -2.36. The average Bonchev–Trinajstić information content (AvgIpc) is 2.67. The average molecular weight is 341 g/mol. The molecule has 1 saturated heterocycles. The molecule has 130 valence electrons. The van der Waals surface area contributed by atoms with Crippen molar-refractivity contribution in [1.29, 1.82) is 0 Å². The first kappa shape index (κ1) is 16.7. The standard InChI is InChI=1S/C17H19N5O3/c23-16(12-20-15-11-18-14(10-19-15)17(24)25)22-8-6-21(7-9-22)13-4-2-1-3-5-13/h1-5,10-11H,6-9,12H2,(H,19,20)(H,24,25). The summed E-state index contributed by atoms with van der Waals surface area (Å²) in [6, 6.07) is 10.1. The summed E-state index contributed by atoms with van der Waals surface area (Å²) in [5, 5.41) is 11.7. The number of aromatic carboxylic acids is 1. The van der Waals surface area contributed by atoms with Crippen LogP contribution in [0, 0.1) is 0 Å². The Bertz CT molecular complexity index is 728. The first-order valence-electron chi connectivity index (χ1n) is 8.00. The number of hydrogen-bond donors (Lipinski definition) is 2. The van der Waals surface area contributed by atoms with E-state index in [1.807, 2.05) is 23.1 Å². The van der Waals surface area contributed by atoms with Gasteiger partial charge in [-0.05, 0) is 12.1 Å². The molecule has 0 bridgehead atoms. The molecule has 1 amide bonds. The maximum Gasteiger partial charge on any atom is 0.356 e. The van der Waals surface area contributed by atoms with E-state index in [0.717, 1.165) is 19.3 Å². The lowest BCUT2D eigenvalue weighted by molar-refractivity contribution is -0.129. The van der Waals surface area contributed by atoms with Crippen LogP contribution in [0.5, 0.6) is 0 Å². The third-order valence-electron chi connectivity index (χ3n) is 4.05. The van der Waals surface area contributed by atoms with Gasteiger partial charge in [-0.1, -0.05) is 18.2 Å². The van der Waals surface area contributed by atoms with E-state index in [0.29, 0.717) is 18.9 Å². The van der Waals surface area contributed by atoms with Gasteiger partial charge < -0.3 is 20.2 Å². The van der Waals surface area contributed by atoms with E-state index in [1.54, 1.807) is 0 Å². The van der Waals surface area contributed by atoms with Crippen molar-refractivity contribution in [2.45, 2.75) is 0 Å². The number of carboxylic acids is 1. The molecule has 0 unspecified atom stereocenters. The van der Waals surface area contributed by atoms with Crippen molar-refractivity contribution in [3.05, 3.63) is 48.4 Å². The molecule has 0 saturated carbocycles. The largest absolute Gasteiger partial charge is 0.476 e. The van der Waals surface area contributed by atoms with Crippen LogP contribution < -0.4 is 10.2 Å². The Morgan fingerprint density at radius 3 is 2.36 bits per heavy atom. The predicted octanol–water partition coefficient (Wildman–Crippen LogP) is 0.935. The number of rotatable bonds is 5. The SMILES string of the molecule is O=C(O)c1cnc(NCC(=O)N2CCN(c3ccccc3)CC2)cn1. The second kappa shape index (κ2) is 7.61. The smallest absolute Gasteiger partial charge is 0.356 e. The lowest BCUT2D eigenvalue weighted by Crippen LogP contribution is -2.50. The van der Waals surface area contributed by atoms with Crippen molar-refractivity contribution in [3.8, 4) is 0 Å². The fraction of sp³-hybridized carbons (Fsp3) is 0.294. The number of nitrogens with one attached hydrogen (secondary N) is 1. The number of anilines is 2. The Hall–Kier alpha value is -3.16. The van der Waals surface area contributed by atoms with Gasteiger partial charge in [0.05, 0.1) is 18.9 Å². The van der Waals surface area contributed by atoms with E-state index >= 15 is 0 Å². The first-order chi connectivity index (χ1) is 12.1. The zero-order chi connectivity index (χ0) is 17.6. The zero-order valence-electron chi connectivity index (χ0n) is 13.6. The number of carboxylic acid groups (broad SMARTS) is 1. The Morgan fingerprint density at radius 2 is 1.76 bits per heavy atom. The molecule has 0 aliphatic carbocycles. The molecule has 1 aliphatic heterocycles. The van der Waals surface area contributed by atoms with Crippen LogP contribution in [0.15, 0.2) is 42.7 Å². The van der Waals surface area contributed by atoms with Crippen LogP contribution in [0.2, 0.25) is 0 Å². The molecule has 1 aliphatic rings. The van der Waals surface area contributed by atoms with Crippen molar-refractivity contribution in [1.82, 2.24) is 14.9 Å². The summed E-state index contributed by atoms with van der Waals surface area (Å²) in [6.45, 7) is 3.02. The molecule has 1 fully saturated rings. The summed E-state index contributed by atoms with van der Waals surface area (Å²) in [5.74, 6) is -0.774. The Morgan fingerprint density at radius 1 is 1.04 bits per heavy atom. The fourth-order valence-electron chi connectivity index (χ4n) is 2.66. The minimum atomic E-state index is -1.13. The maximum atomic E-state index is 12.3. The molecular formula is C17H19N5O3. The number of carbonyl (C=O) groups excluding carboxylic acids is 1. The third kappa shape index (κ3) is 4.23. The Balaban J connectivity index is 1.47. The monoisotopic (exact) mass is 341 g/mol. The molecule has 2 N–H and O–H groups in total. The van der Waals surface area contributed by atoms with Gasteiger partial charge in [-0.15, -0.1) is 0 Å². The van der Waals surface area contributed by atoms with E-state index in [2.05, 4.69) is 32.3 Å². The summed E-state index contributed by atoms with van der Waals surface area (Å²) in [5.41, 5.74) is 1.04. The van der Waals surface area contributed by atoms with E-state index in [1.165, 1.54) is 11.9 Å².